The molecule has 0 unspecified atom stereocenters. The zero-order valence-corrected chi connectivity index (χ0v) is 23.5. The number of rotatable bonds is 8. The summed E-state index contributed by atoms with van der Waals surface area (Å²) in [5, 5.41) is 8.25. The van der Waals surface area contributed by atoms with E-state index in [2.05, 4.69) is 56.2 Å². The summed E-state index contributed by atoms with van der Waals surface area (Å²) in [4.78, 5) is 12.8. The number of benzene rings is 2. The van der Waals surface area contributed by atoms with Gasteiger partial charge >= 0.3 is 5.97 Å². The van der Waals surface area contributed by atoms with E-state index in [1.165, 1.54) is 33.4 Å². The van der Waals surface area contributed by atoms with E-state index in [4.69, 9.17) is 9.47 Å². The molecule has 2 aromatic carbocycles. The van der Waals surface area contributed by atoms with Gasteiger partial charge in [0.1, 0.15) is 24.6 Å². The van der Waals surface area contributed by atoms with Crippen molar-refractivity contribution in [1.29, 1.82) is 0 Å². The van der Waals surface area contributed by atoms with Crippen LogP contribution in [0.2, 0.25) is 0 Å². The summed E-state index contributed by atoms with van der Waals surface area (Å²) < 4.78 is 13.2. The van der Waals surface area contributed by atoms with Crippen LogP contribution in [0.3, 0.4) is 0 Å². The Bertz CT molecular complexity index is 1280. The predicted molar refractivity (Wildman–Crippen MR) is 148 cm³/mol. The highest BCUT2D eigenvalue weighted by atomic mass is 16.5. The highest BCUT2D eigenvalue weighted by molar-refractivity contribution is 5.69. The van der Waals surface area contributed by atoms with Gasteiger partial charge in [-0.15, -0.1) is 5.10 Å². The lowest BCUT2D eigenvalue weighted by Gasteiger charge is -2.55. The van der Waals surface area contributed by atoms with Crippen LogP contribution in [0, 0.1) is 18.3 Å². The van der Waals surface area contributed by atoms with E-state index in [0.717, 1.165) is 31.4 Å². The molecule has 0 bridgehead atoms. The van der Waals surface area contributed by atoms with Gasteiger partial charge in [0.15, 0.2) is 0 Å². The Labute approximate surface area is 226 Å². The lowest BCUT2D eigenvalue weighted by molar-refractivity contribution is -0.152. The lowest BCUT2D eigenvalue weighted by atomic mass is 9.50. The van der Waals surface area contributed by atoms with Crippen LogP contribution in [-0.2, 0) is 34.5 Å². The van der Waals surface area contributed by atoms with Crippen molar-refractivity contribution < 1.29 is 14.3 Å². The fourth-order valence-corrected chi connectivity index (χ4v) is 6.87. The summed E-state index contributed by atoms with van der Waals surface area (Å²) >= 11 is 0. The molecule has 38 heavy (non-hydrogen) atoms. The Morgan fingerprint density at radius 3 is 2.68 bits per heavy atom. The molecule has 6 heteroatoms. The number of hydrogen-bond donors (Lipinski definition) is 0. The van der Waals surface area contributed by atoms with Gasteiger partial charge in [-0.3, -0.25) is 4.79 Å². The molecule has 5 rings (SSSR count). The molecule has 1 heterocycles. The molecule has 202 valence electrons. The zero-order valence-electron chi connectivity index (χ0n) is 23.5. The summed E-state index contributed by atoms with van der Waals surface area (Å²) in [6.45, 7) is 12.1. The quantitative estimate of drug-likeness (QED) is 0.319. The van der Waals surface area contributed by atoms with Crippen LogP contribution in [0.4, 0.5) is 0 Å². The summed E-state index contributed by atoms with van der Waals surface area (Å²) in [7, 11) is 0. The second-order valence-electron chi connectivity index (χ2n) is 12.3. The van der Waals surface area contributed by atoms with E-state index >= 15 is 0 Å². The Kier molecular flexibility index (Phi) is 7.34. The number of nitrogens with zero attached hydrogens (tertiary/aromatic N) is 3. The molecule has 1 fully saturated rings. The smallest absolute Gasteiger partial charge is 0.327 e. The number of ether oxygens (including phenoxy) is 2. The Hall–Kier alpha value is -3.15. The van der Waals surface area contributed by atoms with Gasteiger partial charge in [-0.1, -0.05) is 75.2 Å². The van der Waals surface area contributed by atoms with Crippen molar-refractivity contribution in [2.45, 2.75) is 91.2 Å². The van der Waals surface area contributed by atoms with Gasteiger partial charge in [0, 0.05) is 5.41 Å². The molecule has 0 radical (unpaired) electrons. The average molecular weight is 516 g/mol. The second-order valence-corrected chi connectivity index (χ2v) is 12.3. The summed E-state index contributed by atoms with van der Waals surface area (Å²) in [5.74, 6) is 1.55. The minimum Gasteiger partial charge on any atom is -0.487 e. The van der Waals surface area contributed by atoms with E-state index in [-0.39, 0.29) is 23.3 Å². The third-order valence-electron chi connectivity index (χ3n) is 9.02. The molecule has 2 aliphatic carbocycles. The third kappa shape index (κ3) is 5.36. The molecule has 2 aliphatic rings. The summed E-state index contributed by atoms with van der Waals surface area (Å²) in [5.41, 5.74) is 6.41. The molecule has 6 nitrogen and oxygen atoms in total. The first-order valence-corrected chi connectivity index (χ1v) is 14.0. The van der Waals surface area contributed by atoms with Crippen LogP contribution in [0.5, 0.6) is 5.75 Å². The Morgan fingerprint density at radius 1 is 1.13 bits per heavy atom. The molecule has 0 saturated heterocycles. The van der Waals surface area contributed by atoms with Crippen LogP contribution in [0.25, 0.3) is 0 Å². The maximum atomic E-state index is 12.8. The van der Waals surface area contributed by atoms with E-state index in [1.54, 1.807) is 6.20 Å². The number of carbonyl (C=O) groups is 1. The molecule has 1 saturated carbocycles. The molecule has 0 aliphatic heterocycles. The standard InChI is InChI=1S/C32H41N3O3/c1-22(2)24-9-13-28-25(17-24)10-14-29-31(4,15-6-16-32(28,29)5)21-38-30(36)19-35-18-26(33-34-35)20-37-27-11-7-23(3)8-12-27/h7-9,11-13,17-18,22,29H,6,10,14-16,19-21H2,1-5H3/t29-,31-,32+/m0/s1. The number of fused-ring (bicyclic) bond motifs is 3. The van der Waals surface area contributed by atoms with E-state index in [1.807, 2.05) is 31.2 Å². The van der Waals surface area contributed by atoms with Crippen molar-refractivity contribution in [1.82, 2.24) is 15.0 Å². The number of hydrogen-bond acceptors (Lipinski definition) is 5. The number of aryl methyl sites for hydroxylation is 2. The normalized spacial score (nSPS) is 24.5. The highest BCUT2D eigenvalue weighted by Crippen LogP contribution is 2.57. The minimum absolute atomic E-state index is 0.0352. The molecular formula is C32H41N3O3. The van der Waals surface area contributed by atoms with Crippen molar-refractivity contribution in [2.75, 3.05) is 6.61 Å². The molecule has 0 N–H and O–H groups in total. The number of carbonyl (C=O) groups excluding carboxylic acids is 1. The lowest BCUT2D eigenvalue weighted by Crippen LogP contribution is -2.51. The second kappa shape index (κ2) is 10.5. The maximum Gasteiger partial charge on any atom is 0.327 e. The molecule has 3 atom stereocenters. The molecule has 3 aromatic rings. The first-order valence-electron chi connectivity index (χ1n) is 14.0. The van der Waals surface area contributed by atoms with Gasteiger partial charge in [-0.25, -0.2) is 4.68 Å². The van der Waals surface area contributed by atoms with Gasteiger partial charge in [0.2, 0.25) is 0 Å². The highest BCUT2D eigenvalue weighted by Gasteiger charge is 2.52. The Morgan fingerprint density at radius 2 is 1.92 bits per heavy atom. The van der Waals surface area contributed by atoms with Gasteiger partial charge in [-0.2, -0.15) is 0 Å². The maximum absolute atomic E-state index is 12.8. The number of esters is 1. The van der Waals surface area contributed by atoms with E-state index in [9.17, 15) is 4.79 Å². The van der Waals surface area contributed by atoms with E-state index < -0.39 is 0 Å². The van der Waals surface area contributed by atoms with Crippen molar-refractivity contribution in [2.24, 2.45) is 11.3 Å². The zero-order chi connectivity index (χ0) is 26.9. The predicted octanol–water partition coefficient (Wildman–Crippen LogP) is 6.54. The summed E-state index contributed by atoms with van der Waals surface area (Å²) in [6, 6.07) is 15.0. The minimum atomic E-state index is -0.271. The van der Waals surface area contributed by atoms with Crippen molar-refractivity contribution >= 4 is 5.97 Å². The van der Waals surface area contributed by atoms with Crippen LogP contribution in [0.15, 0.2) is 48.7 Å². The van der Waals surface area contributed by atoms with Gasteiger partial charge in [-0.05, 0) is 78.7 Å². The van der Waals surface area contributed by atoms with Crippen LogP contribution < -0.4 is 4.74 Å². The van der Waals surface area contributed by atoms with Gasteiger partial charge in [0.25, 0.3) is 0 Å². The fourth-order valence-electron chi connectivity index (χ4n) is 6.87. The van der Waals surface area contributed by atoms with Gasteiger partial charge < -0.3 is 9.47 Å². The first-order chi connectivity index (χ1) is 18.2. The molecule has 1 aromatic heterocycles. The first kappa shape index (κ1) is 26.5. The monoisotopic (exact) mass is 515 g/mol. The van der Waals surface area contributed by atoms with Gasteiger partial charge in [0.05, 0.1) is 12.8 Å². The fraction of sp³-hybridized carbons (Fsp3) is 0.531. The topological polar surface area (TPSA) is 66.2 Å². The van der Waals surface area contributed by atoms with Crippen LogP contribution in [0.1, 0.15) is 87.2 Å². The van der Waals surface area contributed by atoms with E-state index in [0.29, 0.717) is 30.7 Å². The molecular weight excluding hydrogens is 474 g/mol. The SMILES string of the molecule is Cc1ccc(OCc2cn(CC(=O)OC[C@]3(C)CCC[C@]4(C)c5ccc(C(C)C)cc5CC[C@@H]34)nn2)cc1. The number of aromatic nitrogens is 3. The van der Waals surface area contributed by atoms with Crippen molar-refractivity contribution in [3.05, 3.63) is 76.6 Å². The Balaban J connectivity index is 1.19. The van der Waals surface area contributed by atoms with Crippen molar-refractivity contribution in [3.63, 3.8) is 0 Å². The van der Waals surface area contributed by atoms with Crippen molar-refractivity contribution in [3.8, 4) is 5.75 Å². The summed E-state index contributed by atoms with van der Waals surface area (Å²) in [6.07, 6.45) is 7.43. The van der Waals surface area contributed by atoms with Crippen LogP contribution in [-0.4, -0.2) is 27.6 Å². The molecule has 0 spiro atoms. The third-order valence-corrected chi connectivity index (χ3v) is 9.02. The average Bonchev–Trinajstić information content (AvgIpc) is 3.34. The largest absolute Gasteiger partial charge is 0.487 e. The molecule has 0 amide bonds. The van der Waals surface area contributed by atoms with Crippen LogP contribution >= 0.6 is 0 Å².